The zero-order valence-corrected chi connectivity index (χ0v) is 12.7. The molecule has 0 bridgehead atoms. The third kappa shape index (κ3) is 3.81. The lowest BCUT2D eigenvalue weighted by Gasteiger charge is -2.33. The Morgan fingerprint density at radius 3 is 3.10 bits per heavy atom. The van der Waals surface area contributed by atoms with Gasteiger partial charge in [-0.2, -0.15) is 0 Å². The third-order valence-electron chi connectivity index (χ3n) is 3.63. The maximum absolute atomic E-state index is 13.2. The summed E-state index contributed by atoms with van der Waals surface area (Å²) in [4.78, 5) is 6.82. The van der Waals surface area contributed by atoms with E-state index in [1.807, 2.05) is 0 Å². The van der Waals surface area contributed by atoms with Crippen molar-refractivity contribution in [2.45, 2.75) is 19.5 Å². The molecule has 1 saturated heterocycles. The van der Waals surface area contributed by atoms with Crippen LogP contribution in [-0.4, -0.2) is 35.6 Å². The summed E-state index contributed by atoms with van der Waals surface area (Å²) in [7, 11) is 0. The van der Waals surface area contributed by atoms with Crippen LogP contribution < -0.4 is 5.32 Å². The summed E-state index contributed by atoms with van der Waals surface area (Å²) in [5, 5.41) is 3.36. The summed E-state index contributed by atoms with van der Waals surface area (Å²) >= 11 is 0. The van der Waals surface area contributed by atoms with Crippen LogP contribution in [-0.2, 0) is 6.54 Å². The van der Waals surface area contributed by atoms with Gasteiger partial charge in [-0.1, -0.05) is 6.07 Å². The number of hydrogen-bond donors (Lipinski definition) is 1. The van der Waals surface area contributed by atoms with Gasteiger partial charge in [0.1, 0.15) is 12.1 Å². The number of piperazine rings is 1. The third-order valence-corrected chi connectivity index (χ3v) is 3.63. The smallest absolute Gasteiger partial charge is 0.226 e. The van der Waals surface area contributed by atoms with Crippen molar-refractivity contribution in [2.75, 3.05) is 19.6 Å². The van der Waals surface area contributed by atoms with Crippen molar-refractivity contribution in [3.63, 3.8) is 0 Å². The van der Waals surface area contributed by atoms with Gasteiger partial charge in [0, 0.05) is 37.8 Å². The molecule has 0 unspecified atom stereocenters. The Morgan fingerprint density at radius 1 is 1.48 bits per heavy atom. The van der Waals surface area contributed by atoms with Gasteiger partial charge in [-0.15, -0.1) is 12.4 Å². The van der Waals surface area contributed by atoms with E-state index in [4.69, 9.17) is 4.42 Å². The lowest BCUT2D eigenvalue weighted by molar-refractivity contribution is 0.163. The van der Waals surface area contributed by atoms with Gasteiger partial charge in [-0.25, -0.2) is 9.37 Å². The SMILES string of the molecule is C[C@H]1CNCCN1Cc1coc(-c2cccc(F)c2)n1.Cl. The fraction of sp³-hybridized carbons (Fsp3) is 0.400. The van der Waals surface area contributed by atoms with Crippen LogP contribution in [0.5, 0.6) is 0 Å². The van der Waals surface area contributed by atoms with Gasteiger partial charge in [0.2, 0.25) is 5.89 Å². The van der Waals surface area contributed by atoms with Crippen LogP contribution in [0.4, 0.5) is 4.39 Å². The molecule has 1 aliphatic heterocycles. The van der Waals surface area contributed by atoms with Gasteiger partial charge in [-0.05, 0) is 25.1 Å². The Hall–Kier alpha value is -1.43. The zero-order chi connectivity index (χ0) is 13.9. The van der Waals surface area contributed by atoms with E-state index < -0.39 is 0 Å². The highest BCUT2D eigenvalue weighted by Gasteiger charge is 2.19. The lowest BCUT2D eigenvalue weighted by atomic mass is 10.2. The molecular formula is C15H19ClFN3O. The number of oxazole rings is 1. The summed E-state index contributed by atoms with van der Waals surface area (Å²) in [5.41, 5.74) is 1.56. The molecule has 1 aliphatic rings. The Labute approximate surface area is 129 Å². The molecule has 2 aromatic rings. The highest BCUT2D eigenvalue weighted by Crippen LogP contribution is 2.20. The zero-order valence-electron chi connectivity index (χ0n) is 11.9. The van der Waals surface area contributed by atoms with E-state index in [0.717, 1.165) is 31.9 Å². The molecule has 1 fully saturated rings. The van der Waals surface area contributed by atoms with Crippen LogP contribution in [0.25, 0.3) is 11.5 Å². The van der Waals surface area contributed by atoms with Crippen molar-refractivity contribution in [3.8, 4) is 11.5 Å². The van der Waals surface area contributed by atoms with E-state index >= 15 is 0 Å². The topological polar surface area (TPSA) is 41.3 Å². The predicted molar refractivity (Wildman–Crippen MR) is 81.9 cm³/mol. The molecule has 21 heavy (non-hydrogen) atoms. The van der Waals surface area contributed by atoms with Crippen LogP contribution in [0.2, 0.25) is 0 Å². The number of rotatable bonds is 3. The normalized spacial score (nSPS) is 19.2. The van der Waals surface area contributed by atoms with E-state index in [9.17, 15) is 4.39 Å². The van der Waals surface area contributed by atoms with Crippen LogP contribution >= 0.6 is 12.4 Å². The van der Waals surface area contributed by atoms with Crippen molar-refractivity contribution in [2.24, 2.45) is 0 Å². The molecule has 4 nitrogen and oxygen atoms in total. The lowest BCUT2D eigenvalue weighted by Crippen LogP contribution is -2.49. The van der Waals surface area contributed by atoms with Crippen molar-refractivity contribution in [1.82, 2.24) is 15.2 Å². The standard InChI is InChI=1S/C15H18FN3O.ClH/c1-11-8-17-5-6-19(11)9-14-10-20-15(18-14)12-3-2-4-13(16)7-12;/h2-4,7,10-11,17H,5-6,8-9H2,1H3;1H/t11-;/m0./s1. The molecule has 1 atom stereocenters. The van der Waals surface area contributed by atoms with Crippen molar-refractivity contribution in [3.05, 3.63) is 42.0 Å². The molecule has 1 aromatic heterocycles. The molecule has 3 rings (SSSR count). The van der Waals surface area contributed by atoms with Gasteiger partial charge >= 0.3 is 0 Å². The van der Waals surface area contributed by atoms with E-state index in [1.54, 1.807) is 18.4 Å². The minimum absolute atomic E-state index is 0. The minimum Gasteiger partial charge on any atom is -0.444 e. The number of nitrogens with zero attached hydrogens (tertiary/aromatic N) is 2. The highest BCUT2D eigenvalue weighted by molar-refractivity contribution is 5.85. The second kappa shape index (κ2) is 7.02. The first-order valence-corrected chi connectivity index (χ1v) is 6.87. The van der Waals surface area contributed by atoms with Gasteiger partial charge in [0.15, 0.2) is 0 Å². The van der Waals surface area contributed by atoms with Gasteiger partial charge in [0.05, 0.1) is 5.69 Å². The molecule has 0 amide bonds. The fourth-order valence-corrected chi connectivity index (χ4v) is 2.46. The van der Waals surface area contributed by atoms with Crippen LogP contribution in [0, 0.1) is 5.82 Å². The monoisotopic (exact) mass is 311 g/mol. The number of aromatic nitrogens is 1. The second-order valence-electron chi connectivity index (χ2n) is 5.18. The summed E-state index contributed by atoms with van der Waals surface area (Å²) in [6, 6.07) is 6.79. The van der Waals surface area contributed by atoms with E-state index in [1.165, 1.54) is 12.1 Å². The minimum atomic E-state index is -0.280. The number of hydrogen-bond acceptors (Lipinski definition) is 4. The molecule has 2 heterocycles. The van der Waals surface area contributed by atoms with E-state index in [0.29, 0.717) is 17.5 Å². The fourth-order valence-electron chi connectivity index (χ4n) is 2.46. The first-order chi connectivity index (χ1) is 9.72. The Kier molecular flexibility index (Phi) is 5.33. The molecule has 6 heteroatoms. The largest absolute Gasteiger partial charge is 0.444 e. The molecule has 0 radical (unpaired) electrons. The molecule has 0 saturated carbocycles. The van der Waals surface area contributed by atoms with E-state index in [2.05, 4.69) is 22.1 Å². The maximum atomic E-state index is 13.2. The van der Waals surface area contributed by atoms with Crippen LogP contribution in [0.1, 0.15) is 12.6 Å². The number of nitrogens with one attached hydrogen (secondary N) is 1. The maximum Gasteiger partial charge on any atom is 0.226 e. The van der Waals surface area contributed by atoms with Crippen molar-refractivity contribution in [1.29, 1.82) is 0 Å². The second-order valence-corrected chi connectivity index (χ2v) is 5.18. The number of benzene rings is 1. The van der Waals surface area contributed by atoms with Gasteiger partial charge in [-0.3, -0.25) is 4.90 Å². The van der Waals surface area contributed by atoms with Crippen LogP contribution in [0.3, 0.4) is 0 Å². The Balaban J connectivity index is 0.00000161. The summed E-state index contributed by atoms with van der Waals surface area (Å²) in [5.74, 6) is 0.195. The molecule has 0 spiro atoms. The molecule has 114 valence electrons. The Bertz CT molecular complexity index is 590. The molecule has 1 aromatic carbocycles. The van der Waals surface area contributed by atoms with Crippen molar-refractivity contribution < 1.29 is 8.81 Å². The van der Waals surface area contributed by atoms with Gasteiger partial charge < -0.3 is 9.73 Å². The predicted octanol–water partition coefficient (Wildman–Crippen LogP) is 2.70. The summed E-state index contributed by atoms with van der Waals surface area (Å²) in [6.45, 7) is 5.96. The summed E-state index contributed by atoms with van der Waals surface area (Å²) in [6.07, 6.45) is 1.66. The van der Waals surface area contributed by atoms with Gasteiger partial charge in [0.25, 0.3) is 0 Å². The number of halogens is 2. The summed E-state index contributed by atoms with van der Waals surface area (Å²) < 4.78 is 18.7. The first-order valence-electron chi connectivity index (χ1n) is 6.87. The average molecular weight is 312 g/mol. The quantitative estimate of drug-likeness (QED) is 0.946. The molecule has 0 aliphatic carbocycles. The highest BCUT2D eigenvalue weighted by atomic mass is 35.5. The average Bonchev–Trinajstić information content (AvgIpc) is 2.90. The molecular weight excluding hydrogens is 293 g/mol. The van der Waals surface area contributed by atoms with Crippen LogP contribution in [0.15, 0.2) is 34.9 Å². The van der Waals surface area contributed by atoms with E-state index in [-0.39, 0.29) is 18.2 Å². The molecule has 1 N–H and O–H groups in total. The van der Waals surface area contributed by atoms with Crippen molar-refractivity contribution >= 4 is 12.4 Å². The first kappa shape index (κ1) is 15.9. The Morgan fingerprint density at radius 2 is 2.33 bits per heavy atom.